The van der Waals surface area contributed by atoms with Gasteiger partial charge in [0.05, 0.1) is 14.2 Å². The van der Waals surface area contributed by atoms with Crippen molar-refractivity contribution in [1.82, 2.24) is 10.9 Å². The first kappa shape index (κ1) is 20.8. The summed E-state index contributed by atoms with van der Waals surface area (Å²) < 4.78 is 26.1. The molecule has 2 aromatic carbocycles. The number of hydrogen-bond donors (Lipinski definition) is 2. The average molecular weight is 416 g/mol. The molecule has 1 atom stereocenters. The Balaban J connectivity index is 1.46. The van der Waals surface area contributed by atoms with Gasteiger partial charge in [0.1, 0.15) is 23.7 Å². The van der Waals surface area contributed by atoms with E-state index in [1.807, 2.05) is 0 Å². The average Bonchev–Trinajstić information content (AvgIpc) is 2.80. The summed E-state index contributed by atoms with van der Waals surface area (Å²) in [6.07, 6.45) is -0.939. The highest BCUT2D eigenvalue weighted by Crippen LogP contribution is 2.30. The lowest BCUT2D eigenvalue weighted by atomic mass is 10.2. The summed E-state index contributed by atoms with van der Waals surface area (Å²) in [5, 5.41) is 0. The van der Waals surface area contributed by atoms with Gasteiger partial charge in [-0.05, 0) is 24.3 Å². The van der Waals surface area contributed by atoms with Gasteiger partial charge < -0.3 is 23.7 Å². The summed E-state index contributed by atoms with van der Waals surface area (Å²) >= 11 is 0. The summed E-state index contributed by atoms with van der Waals surface area (Å²) in [6.45, 7) is -0.621. The van der Waals surface area contributed by atoms with E-state index in [0.717, 1.165) is 0 Å². The number of hydrogen-bond acceptors (Lipinski definition) is 8. The van der Waals surface area contributed by atoms with Gasteiger partial charge in [-0.15, -0.1) is 0 Å². The number of amides is 2. The van der Waals surface area contributed by atoms with Crippen LogP contribution in [0.2, 0.25) is 0 Å². The maximum absolute atomic E-state index is 12.2. The van der Waals surface area contributed by atoms with Gasteiger partial charge in [-0.25, -0.2) is 4.79 Å². The predicted molar refractivity (Wildman–Crippen MR) is 102 cm³/mol. The minimum atomic E-state index is -0.939. The summed E-state index contributed by atoms with van der Waals surface area (Å²) in [4.78, 5) is 36.2. The smallest absolute Gasteiger partial charge is 0.342 e. The third-order valence-corrected chi connectivity index (χ3v) is 4.09. The Morgan fingerprint density at radius 3 is 2.53 bits per heavy atom. The second-order valence-corrected chi connectivity index (χ2v) is 6.04. The number of carbonyl (C=O) groups excluding carboxylic acids is 3. The van der Waals surface area contributed by atoms with Gasteiger partial charge >= 0.3 is 5.97 Å². The van der Waals surface area contributed by atoms with Crippen molar-refractivity contribution in [2.45, 2.75) is 6.10 Å². The Labute approximate surface area is 172 Å². The number of ether oxygens (including phenoxy) is 5. The first-order chi connectivity index (χ1) is 14.5. The Bertz CT molecular complexity index is 946. The molecule has 0 saturated heterocycles. The fraction of sp³-hybridized carbons (Fsp3) is 0.250. The van der Waals surface area contributed by atoms with E-state index in [-0.39, 0.29) is 17.9 Å². The van der Waals surface area contributed by atoms with Crippen LogP contribution in [0.15, 0.2) is 42.5 Å². The molecule has 0 aromatic heterocycles. The maximum Gasteiger partial charge on any atom is 0.342 e. The van der Waals surface area contributed by atoms with Crippen molar-refractivity contribution >= 4 is 17.8 Å². The predicted octanol–water partition coefficient (Wildman–Crippen LogP) is 0.848. The van der Waals surface area contributed by atoms with E-state index in [1.165, 1.54) is 26.4 Å². The SMILES string of the molecule is COc1ccc(C(=O)OCC(=O)NNC(=O)[C@@H]2COc3ccccc3O2)c(OC)c1. The van der Waals surface area contributed by atoms with Crippen LogP contribution < -0.4 is 29.8 Å². The molecule has 0 bridgehead atoms. The van der Waals surface area contributed by atoms with Crippen molar-refractivity contribution in [3.63, 3.8) is 0 Å². The molecular weight excluding hydrogens is 396 g/mol. The van der Waals surface area contributed by atoms with Gasteiger partial charge in [-0.2, -0.15) is 0 Å². The highest BCUT2D eigenvalue weighted by atomic mass is 16.6. The van der Waals surface area contributed by atoms with Crippen molar-refractivity contribution in [3.8, 4) is 23.0 Å². The molecule has 1 aliphatic rings. The number of nitrogens with one attached hydrogen (secondary N) is 2. The summed E-state index contributed by atoms with van der Waals surface area (Å²) in [5.74, 6) is -0.411. The van der Waals surface area contributed by atoms with Crippen molar-refractivity contribution < 1.29 is 38.1 Å². The molecule has 0 unspecified atom stereocenters. The van der Waals surface area contributed by atoms with Crippen molar-refractivity contribution in [2.24, 2.45) is 0 Å². The van der Waals surface area contributed by atoms with Gasteiger partial charge in [0.25, 0.3) is 11.8 Å². The van der Waals surface area contributed by atoms with Crippen LogP contribution in [0, 0.1) is 0 Å². The van der Waals surface area contributed by atoms with Crippen molar-refractivity contribution in [2.75, 3.05) is 27.4 Å². The zero-order chi connectivity index (χ0) is 21.5. The van der Waals surface area contributed by atoms with E-state index < -0.39 is 30.5 Å². The van der Waals surface area contributed by atoms with E-state index in [2.05, 4.69) is 10.9 Å². The van der Waals surface area contributed by atoms with Crippen LogP contribution in [0.1, 0.15) is 10.4 Å². The van der Waals surface area contributed by atoms with Gasteiger partial charge in [0.2, 0.25) is 6.10 Å². The molecular formula is C20H20N2O8. The van der Waals surface area contributed by atoms with Crippen LogP contribution in [0.5, 0.6) is 23.0 Å². The quantitative estimate of drug-likeness (QED) is 0.525. The van der Waals surface area contributed by atoms with E-state index in [1.54, 1.807) is 30.3 Å². The second-order valence-electron chi connectivity index (χ2n) is 6.04. The number of fused-ring (bicyclic) bond motifs is 1. The number of carbonyl (C=O) groups is 3. The third-order valence-electron chi connectivity index (χ3n) is 4.09. The lowest BCUT2D eigenvalue weighted by Gasteiger charge is -2.25. The molecule has 0 fully saturated rings. The normalized spacial score (nSPS) is 14.3. The number of methoxy groups -OCH3 is 2. The lowest BCUT2D eigenvalue weighted by molar-refractivity contribution is -0.135. The van der Waals surface area contributed by atoms with Crippen LogP contribution >= 0.6 is 0 Å². The zero-order valence-electron chi connectivity index (χ0n) is 16.3. The third kappa shape index (κ3) is 4.90. The highest BCUT2D eigenvalue weighted by molar-refractivity contribution is 5.94. The number of benzene rings is 2. The van der Waals surface area contributed by atoms with Gasteiger partial charge in [-0.1, -0.05) is 12.1 Å². The molecule has 158 valence electrons. The molecule has 2 aromatic rings. The van der Waals surface area contributed by atoms with Crippen molar-refractivity contribution in [3.05, 3.63) is 48.0 Å². The molecule has 0 aliphatic carbocycles. The Hall–Kier alpha value is -3.95. The Morgan fingerprint density at radius 2 is 1.80 bits per heavy atom. The van der Waals surface area contributed by atoms with Crippen LogP contribution in [-0.4, -0.2) is 51.3 Å². The Morgan fingerprint density at radius 1 is 1.03 bits per heavy atom. The molecule has 0 saturated carbocycles. The molecule has 30 heavy (non-hydrogen) atoms. The number of esters is 1. The second kappa shape index (κ2) is 9.50. The number of hydrazine groups is 1. The molecule has 0 spiro atoms. The molecule has 2 amide bonds. The summed E-state index contributed by atoms with van der Waals surface area (Å²) in [5.41, 5.74) is 4.49. The van der Waals surface area contributed by atoms with E-state index in [4.69, 9.17) is 23.7 Å². The van der Waals surface area contributed by atoms with Gasteiger partial charge in [0, 0.05) is 6.07 Å². The van der Waals surface area contributed by atoms with E-state index in [0.29, 0.717) is 17.2 Å². The topological polar surface area (TPSA) is 121 Å². The fourth-order valence-electron chi connectivity index (χ4n) is 2.57. The summed E-state index contributed by atoms with van der Waals surface area (Å²) in [7, 11) is 2.87. The molecule has 3 rings (SSSR count). The standard InChI is InChI=1S/C20H20N2O8/c1-26-12-7-8-13(16(9-12)27-2)20(25)29-11-18(23)21-22-19(24)17-10-28-14-5-3-4-6-15(14)30-17/h3-9,17H,10-11H2,1-2H3,(H,21,23)(H,22,24)/t17-/m0/s1. The molecule has 0 radical (unpaired) electrons. The lowest BCUT2D eigenvalue weighted by Crippen LogP contribution is -2.51. The highest BCUT2D eigenvalue weighted by Gasteiger charge is 2.27. The molecule has 1 heterocycles. The van der Waals surface area contributed by atoms with E-state index >= 15 is 0 Å². The zero-order valence-corrected chi connectivity index (χ0v) is 16.3. The Kier molecular flexibility index (Phi) is 6.58. The van der Waals surface area contributed by atoms with Crippen LogP contribution in [0.3, 0.4) is 0 Å². The minimum absolute atomic E-state index is 0.00896. The number of para-hydroxylation sites is 2. The summed E-state index contributed by atoms with van der Waals surface area (Å²) in [6, 6.07) is 11.4. The van der Waals surface area contributed by atoms with Crippen LogP contribution in [0.25, 0.3) is 0 Å². The first-order valence-electron chi connectivity index (χ1n) is 8.88. The van der Waals surface area contributed by atoms with Gasteiger partial charge in [-0.3, -0.25) is 20.4 Å². The number of rotatable bonds is 6. The van der Waals surface area contributed by atoms with Crippen LogP contribution in [0.4, 0.5) is 0 Å². The van der Waals surface area contributed by atoms with Crippen LogP contribution in [-0.2, 0) is 14.3 Å². The van der Waals surface area contributed by atoms with Gasteiger partial charge in [0.15, 0.2) is 18.1 Å². The maximum atomic E-state index is 12.2. The molecule has 10 heteroatoms. The van der Waals surface area contributed by atoms with Crippen molar-refractivity contribution in [1.29, 1.82) is 0 Å². The first-order valence-corrected chi connectivity index (χ1v) is 8.88. The largest absolute Gasteiger partial charge is 0.497 e. The molecule has 10 nitrogen and oxygen atoms in total. The molecule has 1 aliphatic heterocycles. The molecule has 2 N–H and O–H groups in total. The minimum Gasteiger partial charge on any atom is -0.497 e. The van der Waals surface area contributed by atoms with E-state index in [9.17, 15) is 14.4 Å². The fourth-order valence-corrected chi connectivity index (χ4v) is 2.57. The monoisotopic (exact) mass is 416 g/mol.